The smallest absolute Gasteiger partial charge is 0.326 e. The van der Waals surface area contributed by atoms with Gasteiger partial charge in [-0.05, 0) is 48.9 Å². The van der Waals surface area contributed by atoms with Gasteiger partial charge in [-0.2, -0.15) is 13.2 Å². The van der Waals surface area contributed by atoms with Crippen LogP contribution in [0.1, 0.15) is 31.7 Å². The molecule has 1 atom stereocenters. The Hall–Kier alpha value is -2.88. The van der Waals surface area contributed by atoms with E-state index in [0.717, 1.165) is 30.3 Å². The number of unbranched alkanes of at least 4 members (excludes halogenated alkanes) is 1. The second-order valence-corrected chi connectivity index (χ2v) is 8.32. The lowest BCUT2D eigenvalue weighted by atomic mass is 10.2. The Bertz CT molecular complexity index is 1010. The van der Waals surface area contributed by atoms with Gasteiger partial charge in [0.2, 0.25) is 11.8 Å². The van der Waals surface area contributed by atoms with Gasteiger partial charge in [0.25, 0.3) is 0 Å². The van der Waals surface area contributed by atoms with E-state index in [1.807, 2.05) is 6.92 Å². The summed E-state index contributed by atoms with van der Waals surface area (Å²) >= 11 is 1.05. The van der Waals surface area contributed by atoms with Crippen LogP contribution in [0.4, 0.5) is 28.9 Å². The highest BCUT2D eigenvalue weighted by Gasteiger charge is 2.39. The van der Waals surface area contributed by atoms with E-state index >= 15 is 0 Å². The van der Waals surface area contributed by atoms with Gasteiger partial charge in [0.1, 0.15) is 11.1 Å². The third-order valence-corrected chi connectivity index (χ3v) is 5.83. The van der Waals surface area contributed by atoms with Crippen LogP contribution in [0.25, 0.3) is 0 Å². The largest absolute Gasteiger partial charge is 0.416 e. The van der Waals surface area contributed by atoms with Gasteiger partial charge in [-0.1, -0.05) is 31.2 Å². The van der Waals surface area contributed by atoms with Crippen molar-refractivity contribution in [1.29, 1.82) is 0 Å². The van der Waals surface area contributed by atoms with Gasteiger partial charge in [-0.25, -0.2) is 9.38 Å². The van der Waals surface area contributed by atoms with E-state index in [-0.39, 0.29) is 23.2 Å². The molecular weight excluding hydrogens is 446 g/mol. The summed E-state index contributed by atoms with van der Waals surface area (Å²) in [5, 5.41) is 2.12. The van der Waals surface area contributed by atoms with Gasteiger partial charge in [-0.15, -0.1) is 0 Å². The SMILES string of the molecule is CCCCN1C(=O)[C@H](CC(=O)Nc2ccc(F)cc2)SC1=Nc1cccc(C(F)(F)F)c1. The predicted molar refractivity (Wildman–Crippen MR) is 116 cm³/mol. The molecule has 5 nitrogen and oxygen atoms in total. The molecule has 0 spiro atoms. The van der Waals surface area contributed by atoms with Gasteiger partial charge in [0.05, 0.1) is 11.3 Å². The van der Waals surface area contributed by atoms with Gasteiger partial charge in [0, 0.05) is 18.7 Å². The molecule has 32 heavy (non-hydrogen) atoms. The molecule has 2 aromatic rings. The molecule has 3 rings (SSSR count). The number of carbonyl (C=O) groups excluding carboxylic acids is 2. The van der Waals surface area contributed by atoms with Crippen LogP contribution in [0.15, 0.2) is 53.5 Å². The van der Waals surface area contributed by atoms with Crippen LogP contribution >= 0.6 is 11.8 Å². The van der Waals surface area contributed by atoms with E-state index in [4.69, 9.17) is 0 Å². The molecule has 2 aromatic carbocycles. The van der Waals surface area contributed by atoms with Crippen LogP contribution in [-0.2, 0) is 15.8 Å². The van der Waals surface area contributed by atoms with Crippen molar-refractivity contribution in [1.82, 2.24) is 4.90 Å². The molecule has 1 fully saturated rings. The molecular formula is C22H21F4N3O2S. The number of halogens is 4. The minimum Gasteiger partial charge on any atom is -0.326 e. The number of benzene rings is 2. The lowest BCUT2D eigenvalue weighted by Gasteiger charge is -2.16. The van der Waals surface area contributed by atoms with E-state index in [1.165, 1.54) is 41.3 Å². The number of carbonyl (C=O) groups is 2. The van der Waals surface area contributed by atoms with Crippen molar-refractivity contribution in [3.8, 4) is 0 Å². The fourth-order valence-corrected chi connectivity index (χ4v) is 4.21. The quantitative estimate of drug-likeness (QED) is 0.539. The van der Waals surface area contributed by atoms with Crippen molar-refractivity contribution >= 4 is 40.1 Å². The van der Waals surface area contributed by atoms with Gasteiger partial charge < -0.3 is 5.32 Å². The van der Waals surface area contributed by atoms with Crippen LogP contribution in [0.2, 0.25) is 0 Å². The second kappa shape index (κ2) is 10.2. The van der Waals surface area contributed by atoms with Crippen LogP contribution in [-0.4, -0.2) is 33.7 Å². The molecule has 1 aliphatic heterocycles. The molecule has 1 saturated heterocycles. The first-order valence-electron chi connectivity index (χ1n) is 9.96. The number of thioether (sulfide) groups is 1. The van der Waals surface area contributed by atoms with Crippen molar-refractivity contribution in [2.45, 2.75) is 37.6 Å². The maximum atomic E-state index is 13.0. The zero-order chi connectivity index (χ0) is 23.3. The number of amides is 2. The molecule has 1 N–H and O–H groups in total. The molecule has 10 heteroatoms. The minimum absolute atomic E-state index is 0.0769. The third-order valence-electron chi connectivity index (χ3n) is 4.65. The average Bonchev–Trinajstić information content (AvgIpc) is 3.01. The first-order chi connectivity index (χ1) is 15.2. The Morgan fingerprint density at radius 2 is 1.91 bits per heavy atom. The van der Waals surface area contributed by atoms with E-state index in [0.29, 0.717) is 18.7 Å². The Morgan fingerprint density at radius 1 is 1.19 bits per heavy atom. The first-order valence-corrected chi connectivity index (χ1v) is 10.8. The Labute approximate surface area is 186 Å². The number of amidine groups is 1. The number of anilines is 1. The number of alkyl halides is 3. The first kappa shape index (κ1) is 23.8. The Balaban J connectivity index is 1.77. The van der Waals surface area contributed by atoms with E-state index in [1.54, 1.807) is 0 Å². The number of aliphatic imine (C=N–C) groups is 1. The lowest BCUT2D eigenvalue weighted by molar-refractivity contribution is -0.137. The van der Waals surface area contributed by atoms with E-state index in [2.05, 4.69) is 10.3 Å². The molecule has 0 aromatic heterocycles. The van der Waals surface area contributed by atoms with E-state index in [9.17, 15) is 27.2 Å². The van der Waals surface area contributed by atoms with Crippen LogP contribution in [0.5, 0.6) is 0 Å². The molecule has 0 saturated carbocycles. The predicted octanol–water partition coefficient (Wildman–Crippen LogP) is 5.60. The normalized spacial score (nSPS) is 17.8. The van der Waals surface area contributed by atoms with Crippen molar-refractivity contribution in [2.24, 2.45) is 4.99 Å². The Morgan fingerprint density at radius 3 is 2.56 bits per heavy atom. The number of nitrogens with zero attached hydrogens (tertiary/aromatic N) is 2. The molecule has 170 valence electrons. The lowest BCUT2D eigenvalue weighted by Crippen LogP contribution is -2.34. The monoisotopic (exact) mass is 467 g/mol. The number of rotatable bonds is 7. The topological polar surface area (TPSA) is 61.8 Å². The summed E-state index contributed by atoms with van der Waals surface area (Å²) < 4.78 is 52.0. The van der Waals surface area contributed by atoms with Gasteiger partial charge >= 0.3 is 6.18 Å². The summed E-state index contributed by atoms with van der Waals surface area (Å²) in [7, 11) is 0. The van der Waals surface area contributed by atoms with Crippen molar-refractivity contribution in [2.75, 3.05) is 11.9 Å². The molecule has 0 unspecified atom stereocenters. The maximum absolute atomic E-state index is 13.0. The third kappa shape index (κ3) is 6.09. The summed E-state index contributed by atoms with van der Waals surface area (Å²) in [6.45, 7) is 2.31. The fraction of sp³-hybridized carbons (Fsp3) is 0.318. The van der Waals surface area contributed by atoms with Gasteiger partial charge in [-0.3, -0.25) is 14.5 Å². The average molecular weight is 467 g/mol. The molecule has 0 bridgehead atoms. The molecule has 1 heterocycles. The summed E-state index contributed by atoms with van der Waals surface area (Å²) in [6, 6.07) is 9.79. The number of nitrogens with one attached hydrogen (secondary N) is 1. The van der Waals surface area contributed by atoms with Crippen LogP contribution < -0.4 is 5.32 Å². The molecule has 0 aliphatic carbocycles. The van der Waals surface area contributed by atoms with Crippen LogP contribution in [0.3, 0.4) is 0 Å². The summed E-state index contributed by atoms with van der Waals surface area (Å²) in [6.07, 6.45) is -3.16. The van der Waals surface area contributed by atoms with Gasteiger partial charge in [0.15, 0.2) is 5.17 Å². The van der Waals surface area contributed by atoms with Crippen molar-refractivity contribution in [3.05, 3.63) is 59.9 Å². The second-order valence-electron chi connectivity index (χ2n) is 7.15. The Kier molecular flexibility index (Phi) is 7.55. The zero-order valence-electron chi connectivity index (χ0n) is 17.2. The minimum atomic E-state index is -4.50. The summed E-state index contributed by atoms with van der Waals surface area (Å²) in [5.74, 6) is -1.19. The fourth-order valence-electron chi connectivity index (χ4n) is 3.02. The summed E-state index contributed by atoms with van der Waals surface area (Å²) in [5.41, 5.74) is -0.357. The van der Waals surface area contributed by atoms with Crippen LogP contribution in [0, 0.1) is 5.82 Å². The zero-order valence-corrected chi connectivity index (χ0v) is 18.0. The molecule has 1 aliphatic rings. The molecule has 2 amide bonds. The highest BCUT2D eigenvalue weighted by molar-refractivity contribution is 8.15. The maximum Gasteiger partial charge on any atom is 0.416 e. The molecule has 0 radical (unpaired) electrons. The highest BCUT2D eigenvalue weighted by Crippen LogP contribution is 2.35. The number of hydrogen-bond donors (Lipinski definition) is 1. The van der Waals surface area contributed by atoms with Crippen molar-refractivity contribution < 1.29 is 27.2 Å². The highest BCUT2D eigenvalue weighted by atomic mass is 32.2. The van der Waals surface area contributed by atoms with E-state index < -0.39 is 28.7 Å². The standard InChI is InChI=1S/C22H21F4N3O2S/c1-2-3-11-29-20(31)18(13-19(30)27-16-9-7-15(23)8-10-16)32-21(29)28-17-6-4-5-14(12-17)22(24,25)26/h4-10,12,18H,2-3,11,13H2,1H3,(H,27,30)/t18-/m0/s1. The number of hydrogen-bond acceptors (Lipinski definition) is 4. The summed E-state index contributed by atoms with van der Waals surface area (Å²) in [4.78, 5) is 31.0. The van der Waals surface area contributed by atoms with Crippen molar-refractivity contribution in [3.63, 3.8) is 0 Å².